The van der Waals surface area contributed by atoms with Crippen molar-refractivity contribution in [3.8, 4) is 11.5 Å². The van der Waals surface area contributed by atoms with Gasteiger partial charge in [0.15, 0.2) is 11.5 Å². The van der Waals surface area contributed by atoms with Crippen LogP contribution in [-0.4, -0.2) is 36.9 Å². The Morgan fingerprint density at radius 2 is 1.90 bits per heavy atom. The van der Waals surface area contributed by atoms with Crippen molar-refractivity contribution < 1.29 is 14.3 Å². The average molecular weight is 390 g/mol. The first-order chi connectivity index (χ1) is 14.2. The molecule has 2 aromatic carbocycles. The number of carbonyl (C=O) groups is 1. The molecule has 2 heterocycles. The Morgan fingerprint density at radius 3 is 2.66 bits per heavy atom. The van der Waals surface area contributed by atoms with Crippen molar-refractivity contribution in [2.24, 2.45) is 0 Å². The zero-order chi connectivity index (χ0) is 20.2. The molecule has 1 aromatic heterocycles. The van der Waals surface area contributed by atoms with Crippen LogP contribution in [0, 0.1) is 0 Å². The molecular weight excluding hydrogens is 368 g/mol. The predicted octanol–water partition coefficient (Wildman–Crippen LogP) is 3.83. The number of ether oxygens (including phenoxy) is 2. The number of hydrogen-bond donors (Lipinski definition) is 1. The lowest BCUT2D eigenvalue weighted by molar-refractivity contribution is 0.102. The molecule has 0 spiro atoms. The fourth-order valence-electron chi connectivity index (χ4n) is 3.46. The molecular formula is C22H22N4O3. The summed E-state index contributed by atoms with van der Waals surface area (Å²) in [5.41, 5.74) is 3.18. The molecule has 0 aliphatic carbocycles. The summed E-state index contributed by atoms with van der Waals surface area (Å²) < 4.78 is 10.5. The highest BCUT2D eigenvalue weighted by atomic mass is 16.5. The second-order valence-electron chi connectivity index (χ2n) is 6.68. The number of methoxy groups -OCH3 is 2. The highest BCUT2D eigenvalue weighted by Gasteiger charge is 2.20. The van der Waals surface area contributed by atoms with Gasteiger partial charge in [0.05, 0.1) is 19.9 Å². The normalized spacial score (nSPS) is 12.8. The molecule has 0 saturated heterocycles. The van der Waals surface area contributed by atoms with Gasteiger partial charge in [-0.25, -0.2) is 0 Å². The number of rotatable bonds is 5. The molecule has 4 rings (SSSR count). The molecule has 3 aromatic rings. The van der Waals surface area contributed by atoms with Crippen LogP contribution in [0.1, 0.15) is 22.5 Å². The van der Waals surface area contributed by atoms with Crippen LogP contribution in [-0.2, 0) is 6.42 Å². The summed E-state index contributed by atoms with van der Waals surface area (Å²) in [6, 6.07) is 17.0. The van der Waals surface area contributed by atoms with E-state index in [0.717, 1.165) is 30.9 Å². The second-order valence-corrected chi connectivity index (χ2v) is 6.68. The maximum absolute atomic E-state index is 12.6. The third-order valence-corrected chi connectivity index (χ3v) is 4.92. The fraction of sp³-hybridized carbons (Fsp3) is 0.227. The minimum atomic E-state index is -0.366. The topological polar surface area (TPSA) is 76.6 Å². The van der Waals surface area contributed by atoms with Crippen molar-refractivity contribution in [2.75, 3.05) is 31.0 Å². The van der Waals surface area contributed by atoms with Crippen LogP contribution in [0.4, 0.5) is 17.2 Å². The van der Waals surface area contributed by atoms with E-state index in [4.69, 9.17) is 9.47 Å². The molecule has 0 unspecified atom stereocenters. The minimum absolute atomic E-state index is 0.226. The molecule has 1 N–H and O–H groups in total. The van der Waals surface area contributed by atoms with Crippen LogP contribution in [0.15, 0.2) is 54.6 Å². The summed E-state index contributed by atoms with van der Waals surface area (Å²) in [7, 11) is 3.11. The van der Waals surface area contributed by atoms with Gasteiger partial charge in [-0.1, -0.05) is 18.2 Å². The van der Waals surface area contributed by atoms with Crippen molar-refractivity contribution in [3.05, 3.63) is 65.9 Å². The Morgan fingerprint density at radius 1 is 1.03 bits per heavy atom. The van der Waals surface area contributed by atoms with Gasteiger partial charge in [-0.2, -0.15) is 0 Å². The number of benzene rings is 2. The van der Waals surface area contributed by atoms with Gasteiger partial charge >= 0.3 is 0 Å². The fourth-order valence-corrected chi connectivity index (χ4v) is 3.46. The van der Waals surface area contributed by atoms with Crippen LogP contribution in [0.3, 0.4) is 0 Å². The lowest BCUT2D eigenvalue weighted by Gasteiger charge is -2.29. The highest BCUT2D eigenvalue weighted by molar-refractivity contribution is 6.03. The van der Waals surface area contributed by atoms with Gasteiger partial charge in [-0.05, 0) is 48.7 Å². The molecule has 0 fully saturated rings. The molecule has 0 atom stereocenters. The van der Waals surface area contributed by atoms with Gasteiger partial charge in [0.1, 0.15) is 11.5 Å². The number of hydrogen-bond acceptors (Lipinski definition) is 6. The number of carbonyl (C=O) groups excluding carboxylic acids is 1. The van der Waals surface area contributed by atoms with E-state index < -0.39 is 0 Å². The van der Waals surface area contributed by atoms with Crippen molar-refractivity contribution in [1.82, 2.24) is 10.2 Å². The summed E-state index contributed by atoms with van der Waals surface area (Å²) in [6.45, 7) is 0.873. The molecule has 0 bridgehead atoms. The van der Waals surface area contributed by atoms with Crippen LogP contribution >= 0.6 is 0 Å². The van der Waals surface area contributed by atoms with Crippen LogP contribution < -0.4 is 19.7 Å². The van der Waals surface area contributed by atoms with Gasteiger partial charge < -0.3 is 19.7 Å². The van der Waals surface area contributed by atoms with Crippen LogP contribution in [0.2, 0.25) is 0 Å². The molecule has 0 saturated carbocycles. The maximum atomic E-state index is 12.6. The Bertz CT molecular complexity index is 1020. The molecule has 7 heteroatoms. The molecule has 1 aliphatic rings. The molecule has 29 heavy (non-hydrogen) atoms. The molecule has 1 amide bonds. The Kier molecular flexibility index (Phi) is 5.29. The smallest absolute Gasteiger partial charge is 0.276 e. The number of anilines is 3. The first-order valence-electron chi connectivity index (χ1n) is 9.42. The van der Waals surface area contributed by atoms with Gasteiger partial charge in [0, 0.05) is 18.3 Å². The number of nitrogens with one attached hydrogen (secondary N) is 1. The number of aryl methyl sites for hydroxylation is 1. The van der Waals surface area contributed by atoms with Crippen LogP contribution in [0.25, 0.3) is 0 Å². The van der Waals surface area contributed by atoms with Gasteiger partial charge in [0.25, 0.3) is 5.91 Å². The monoisotopic (exact) mass is 390 g/mol. The quantitative estimate of drug-likeness (QED) is 0.714. The third-order valence-electron chi connectivity index (χ3n) is 4.92. The summed E-state index contributed by atoms with van der Waals surface area (Å²) >= 11 is 0. The zero-order valence-corrected chi connectivity index (χ0v) is 16.4. The van der Waals surface area contributed by atoms with E-state index in [1.54, 1.807) is 38.5 Å². The number of para-hydroxylation sites is 1. The van der Waals surface area contributed by atoms with E-state index in [9.17, 15) is 4.79 Å². The van der Waals surface area contributed by atoms with E-state index in [1.807, 2.05) is 18.2 Å². The number of fused-ring (bicyclic) bond motifs is 1. The molecule has 1 aliphatic heterocycles. The first kappa shape index (κ1) is 18.7. The van der Waals surface area contributed by atoms with E-state index in [0.29, 0.717) is 17.2 Å². The van der Waals surface area contributed by atoms with E-state index in [1.165, 1.54) is 5.56 Å². The second kappa shape index (κ2) is 8.18. The lowest BCUT2D eigenvalue weighted by atomic mass is 10.0. The van der Waals surface area contributed by atoms with Crippen molar-refractivity contribution in [1.29, 1.82) is 0 Å². The third kappa shape index (κ3) is 3.85. The Labute approximate surface area is 169 Å². The first-order valence-corrected chi connectivity index (χ1v) is 9.42. The van der Waals surface area contributed by atoms with Crippen molar-refractivity contribution in [3.63, 3.8) is 0 Å². The van der Waals surface area contributed by atoms with E-state index in [2.05, 4.69) is 32.5 Å². The predicted molar refractivity (Wildman–Crippen MR) is 111 cm³/mol. The van der Waals surface area contributed by atoms with Gasteiger partial charge in [-0.3, -0.25) is 4.79 Å². The minimum Gasteiger partial charge on any atom is -0.497 e. The average Bonchev–Trinajstić information content (AvgIpc) is 2.78. The standard InChI is InChI=1S/C22H22N4O3/c1-28-16-9-11-20(29-2)18(14-16)23-22(27)17-10-12-21(25-24-17)26-13-5-7-15-6-3-4-8-19(15)26/h3-4,6,8-12,14H,5,7,13H2,1-2H3,(H,23,27). The largest absolute Gasteiger partial charge is 0.497 e. The highest BCUT2D eigenvalue weighted by Crippen LogP contribution is 2.32. The zero-order valence-electron chi connectivity index (χ0n) is 16.4. The van der Waals surface area contributed by atoms with E-state index >= 15 is 0 Å². The maximum Gasteiger partial charge on any atom is 0.276 e. The SMILES string of the molecule is COc1ccc(OC)c(NC(=O)c2ccc(N3CCCc4ccccc43)nn2)c1. The number of aromatic nitrogens is 2. The molecule has 148 valence electrons. The number of amides is 1. The summed E-state index contributed by atoms with van der Waals surface area (Å²) in [6.07, 6.45) is 2.11. The summed E-state index contributed by atoms with van der Waals surface area (Å²) in [5, 5.41) is 11.3. The molecule has 7 nitrogen and oxygen atoms in total. The molecule has 0 radical (unpaired) electrons. The van der Waals surface area contributed by atoms with Crippen molar-refractivity contribution >= 4 is 23.1 Å². The van der Waals surface area contributed by atoms with Gasteiger partial charge in [-0.15, -0.1) is 10.2 Å². The Hall–Kier alpha value is -3.61. The summed E-state index contributed by atoms with van der Waals surface area (Å²) in [4.78, 5) is 14.8. The van der Waals surface area contributed by atoms with Crippen LogP contribution in [0.5, 0.6) is 11.5 Å². The Balaban J connectivity index is 1.54. The summed E-state index contributed by atoms with van der Waals surface area (Å²) in [5.74, 6) is 1.52. The lowest BCUT2D eigenvalue weighted by Crippen LogP contribution is -2.26. The van der Waals surface area contributed by atoms with E-state index in [-0.39, 0.29) is 11.6 Å². The number of nitrogens with zero attached hydrogens (tertiary/aromatic N) is 3. The van der Waals surface area contributed by atoms with Gasteiger partial charge in [0.2, 0.25) is 0 Å². The van der Waals surface area contributed by atoms with Crippen molar-refractivity contribution in [2.45, 2.75) is 12.8 Å².